The standard InChI is InChI=1S/C16H15ClFN3O5S/c1-3-26-16(24)21-15(23)9(6-19)7-20-14-11(18)4-10(17)5-12(14)27-8-13(22)25-2/h4-5,7,20H,3,8H2,1-2H3,(H,21,23,24)/b9-7-. The van der Waals surface area contributed by atoms with Gasteiger partial charge < -0.3 is 14.8 Å². The zero-order valence-electron chi connectivity index (χ0n) is 14.3. The molecule has 0 aromatic heterocycles. The van der Waals surface area contributed by atoms with Crippen molar-refractivity contribution in [3.8, 4) is 6.07 Å². The van der Waals surface area contributed by atoms with Crippen molar-refractivity contribution in [2.45, 2.75) is 11.8 Å². The minimum Gasteiger partial charge on any atom is -0.468 e. The maximum atomic E-state index is 14.2. The summed E-state index contributed by atoms with van der Waals surface area (Å²) in [6.07, 6.45) is -0.0982. The third kappa shape index (κ3) is 7.16. The Hall–Kier alpha value is -2.77. The van der Waals surface area contributed by atoms with Gasteiger partial charge in [0.15, 0.2) is 0 Å². The minimum atomic E-state index is -1.03. The smallest absolute Gasteiger partial charge is 0.414 e. The zero-order chi connectivity index (χ0) is 20.4. The Labute approximate surface area is 163 Å². The number of carbonyl (C=O) groups excluding carboxylic acids is 3. The number of esters is 1. The number of thioether (sulfide) groups is 1. The van der Waals surface area contributed by atoms with Crippen molar-refractivity contribution >= 4 is 47.0 Å². The number of amides is 2. The van der Waals surface area contributed by atoms with Crippen molar-refractivity contribution in [3.05, 3.63) is 34.7 Å². The van der Waals surface area contributed by atoms with Gasteiger partial charge in [0.2, 0.25) is 0 Å². The fourth-order valence-electron chi connectivity index (χ4n) is 1.62. The first-order chi connectivity index (χ1) is 12.8. The number of rotatable bonds is 7. The van der Waals surface area contributed by atoms with Crippen LogP contribution in [0.3, 0.4) is 0 Å². The van der Waals surface area contributed by atoms with Crippen LogP contribution in [0.4, 0.5) is 14.9 Å². The number of ether oxygens (including phenoxy) is 2. The van der Waals surface area contributed by atoms with Crippen LogP contribution in [-0.2, 0) is 19.1 Å². The van der Waals surface area contributed by atoms with Gasteiger partial charge in [0.1, 0.15) is 17.5 Å². The topological polar surface area (TPSA) is 118 Å². The minimum absolute atomic E-state index is 0.0414. The quantitative estimate of drug-likeness (QED) is 0.302. The molecule has 0 fully saturated rings. The van der Waals surface area contributed by atoms with Gasteiger partial charge in [-0.1, -0.05) is 11.6 Å². The first-order valence-corrected chi connectivity index (χ1v) is 8.72. The third-order valence-corrected chi connectivity index (χ3v) is 4.04. The van der Waals surface area contributed by atoms with E-state index in [9.17, 15) is 18.8 Å². The summed E-state index contributed by atoms with van der Waals surface area (Å²) in [4.78, 5) is 34.6. The second-order valence-corrected chi connectivity index (χ2v) is 6.07. The first-order valence-electron chi connectivity index (χ1n) is 7.35. The van der Waals surface area contributed by atoms with Crippen LogP contribution in [0.5, 0.6) is 0 Å². The highest BCUT2D eigenvalue weighted by atomic mass is 35.5. The van der Waals surface area contributed by atoms with E-state index in [1.165, 1.54) is 13.2 Å². The Morgan fingerprint density at radius 3 is 2.70 bits per heavy atom. The van der Waals surface area contributed by atoms with E-state index in [1.54, 1.807) is 13.0 Å². The third-order valence-electron chi connectivity index (χ3n) is 2.81. The van der Waals surface area contributed by atoms with Gasteiger partial charge >= 0.3 is 12.1 Å². The summed E-state index contributed by atoms with van der Waals surface area (Å²) in [6, 6.07) is 4.00. The Morgan fingerprint density at radius 2 is 2.11 bits per heavy atom. The highest BCUT2D eigenvalue weighted by molar-refractivity contribution is 8.00. The van der Waals surface area contributed by atoms with Gasteiger partial charge in [-0.3, -0.25) is 14.9 Å². The SMILES string of the molecule is CCOC(=O)NC(=O)/C(C#N)=C\Nc1c(F)cc(Cl)cc1SCC(=O)OC. The molecule has 0 aliphatic heterocycles. The number of alkyl carbamates (subject to hydrolysis) is 1. The molecule has 0 aliphatic rings. The molecule has 0 atom stereocenters. The number of benzene rings is 1. The molecule has 0 saturated carbocycles. The van der Waals surface area contributed by atoms with E-state index < -0.39 is 29.4 Å². The van der Waals surface area contributed by atoms with Crippen molar-refractivity contribution < 1.29 is 28.2 Å². The molecule has 1 aromatic carbocycles. The molecule has 0 saturated heterocycles. The van der Waals surface area contributed by atoms with E-state index in [1.807, 2.05) is 5.32 Å². The molecule has 0 radical (unpaired) electrons. The van der Waals surface area contributed by atoms with Crippen molar-refractivity contribution in [1.82, 2.24) is 5.32 Å². The van der Waals surface area contributed by atoms with Crippen LogP contribution >= 0.6 is 23.4 Å². The van der Waals surface area contributed by atoms with Crippen LogP contribution < -0.4 is 10.6 Å². The van der Waals surface area contributed by atoms with Gasteiger partial charge in [0.05, 0.1) is 25.2 Å². The normalized spacial score (nSPS) is 10.6. The van der Waals surface area contributed by atoms with Gasteiger partial charge in [0, 0.05) is 16.1 Å². The lowest BCUT2D eigenvalue weighted by Crippen LogP contribution is -2.32. The summed E-state index contributed by atoms with van der Waals surface area (Å²) in [5.74, 6) is -2.44. The second-order valence-electron chi connectivity index (χ2n) is 4.61. The summed E-state index contributed by atoms with van der Waals surface area (Å²) >= 11 is 6.76. The van der Waals surface area contributed by atoms with Gasteiger partial charge in [-0.05, 0) is 19.1 Å². The number of methoxy groups -OCH3 is 1. The Kier molecular flexibility index (Phi) is 9.12. The average molecular weight is 416 g/mol. The van der Waals surface area contributed by atoms with E-state index in [0.29, 0.717) is 0 Å². The van der Waals surface area contributed by atoms with Crippen molar-refractivity contribution in [1.29, 1.82) is 5.26 Å². The number of nitrogens with zero attached hydrogens (tertiary/aromatic N) is 1. The van der Waals surface area contributed by atoms with Crippen molar-refractivity contribution in [2.75, 3.05) is 24.8 Å². The number of anilines is 1. The van der Waals surface area contributed by atoms with Crippen molar-refractivity contribution in [3.63, 3.8) is 0 Å². The van der Waals surface area contributed by atoms with Crippen LogP contribution in [0.2, 0.25) is 5.02 Å². The number of carbonyl (C=O) groups is 3. The molecule has 1 aromatic rings. The second kappa shape index (κ2) is 11.1. The maximum absolute atomic E-state index is 14.2. The van der Waals surface area contributed by atoms with Crippen LogP contribution in [0.25, 0.3) is 0 Å². The summed E-state index contributed by atoms with van der Waals surface area (Å²) in [6.45, 7) is 1.59. The Balaban J connectivity index is 3.02. The lowest BCUT2D eigenvalue weighted by Gasteiger charge is -2.11. The molecule has 8 nitrogen and oxygen atoms in total. The van der Waals surface area contributed by atoms with Crippen LogP contribution in [0.1, 0.15) is 6.92 Å². The molecule has 0 heterocycles. The number of hydrogen-bond donors (Lipinski definition) is 2. The molecule has 144 valence electrons. The molecule has 0 spiro atoms. The van der Waals surface area contributed by atoms with Gasteiger partial charge in [-0.15, -0.1) is 11.8 Å². The Bertz CT molecular complexity index is 810. The van der Waals surface area contributed by atoms with Gasteiger partial charge in [-0.2, -0.15) is 5.26 Å². The Morgan fingerprint density at radius 1 is 1.41 bits per heavy atom. The predicted octanol–water partition coefficient (Wildman–Crippen LogP) is 2.84. The number of halogens is 2. The largest absolute Gasteiger partial charge is 0.468 e. The number of hydrogen-bond acceptors (Lipinski definition) is 8. The van der Waals surface area contributed by atoms with Crippen LogP contribution in [-0.4, -0.2) is 37.4 Å². The van der Waals surface area contributed by atoms with E-state index in [-0.39, 0.29) is 28.0 Å². The molecule has 0 unspecified atom stereocenters. The highest BCUT2D eigenvalue weighted by Gasteiger charge is 2.16. The molecule has 2 N–H and O–H groups in total. The monoisotopic (exact) mass is 415 g/mol. The van der Waals surface area contributed by atoms with Gasteiger partial charge in [0.25, 0.3) is 5.91 Å². The maximum Gasteiger partial charge on any atom is 0.414 e. The first kappa shape index (κ1) is 22.3. The highest BCUT2D eigenvalue weighted by Crippen LogP contribution is 2.33. The number of nitriles is 1. The number of nitrogens with one attached hydrogen (secondary N) is 2. The molecular weight excluding hydrogens is 401 g/mol. The molecule has 0 aliphatic carbocycles. The predicted molar refractivity (Wildman–Crippen MR) is 96.6 cm³/mol. The summed E-state index contributed by atoms with van der Waals surface area (Å²) < 4.78 is 23.3. The molecular formula is C16H15ClFN3O5S. The molecule has 1 rings (SSSR count). The molecule has 0 bridgehead atoms. The lowest BCUT2D eigenvalue weighted by atomic mass is 10.2. The molecule has 2 amide bonds. The van der Waals surface area contributed by atoms with Crippen molar-refractivity contribution in [2.24, 2.45) is 0 Å². The summed E-state index contributed by atoms with van der Waals surface area (Å²) in [7, 11) is 1.21. The van der Waals surface area contributed by atoms with E-state index in [2.05, 4.69) is 14.8 Å². The lowest BCUT2D eigenvalue weighted by molar-refractivity contribution is -0.137. The summed E-state index contributed by atoms with van der Waals surface area (Å²) in [5.41, 5.74) is -0.605. The van der Waals surface area contributed by atoms with E-state index in [0.717, 1.165) is 24.0 Å². The summed E-state index contributed by atoms with van der Waals surface area (Å²) in [5, 5.41) is 13.5. The van der Waals surface area contributed by atoms with Crippen LogP contribution in [0, 0.1) is 17.1 Å². The fraction of sp³-hybridized carbons (Fsp3) is 0.250. The van der Waals surface area contributed by atoms with Crippen LogP contribution in [0.15, 0.2) is 28.8 Å². The van der Waals surface area contributed by atoms with E-state index in [4.69, 9.17) is 16.9 Å². The average Bonchev–Trinajstić information content (AvgIpc) is 2.61. The molecule has 11 heteroatoms. The number of imide groups is 1. The van der Waals surface area contributed by atoms with Gasteiger partial charge in [-0.25, -0.2) is 9.18 Å². The molecule has 27 heavy (non-hydrogen) atoms. The fourth-order valence-corrected chi connectivity index (χ4v) is 2.79. The zero-order valence-corrected chi connectivity index (χ0v) is 15.9. The van der Waals surface area contributed by atoms with E-state index >= 15 is 0 Å².